The van der Waals surface area contributed by atoms with Crippen molar-refractivity contribution in [1.82, 2.24) is 10.3 Å². The molecule has 28 heavy (non-hydrogen) atoms. The van der Waals surface area contributed by atoms with Crippen LogP contribution in [-0.2, 0) is 0 Å². The molecule has 0 saturated heterocycles. The molecular formula is C22H25N3O3. The number of pyridine rings is 1. The van der Waals surface area contributed by atoms with Crippen LogP contribution in [0, 0.1) is 5.92 Å². The molecule has 0 aliphatic carbocycles. The van der Waals surface area contributed by atoms with E-state index in [1.54, 1.807) is 14.2 Å². The fourth-order valence-electron chi connectivity index (χ4n) is 2.95. The van der Waals surface area contributed by atoms with Gasteiger partial charge in [0.1, 0.15) is 0 Å². The molecule has 1 unspecified atom stereocenters. The Morgan fingerprint density at radius 3 is 2.57 bits per heavy atom. The van der Waals surface area contributed by atoms with Crippen molar-refractivity contribution in [2.45, 2.75) is 6.92 Å². The van der Waals surface area contributed by atoms with Gasteiger partial charge in [-0.2, -0.15) is 0 Å². The van der Waals surface area contributed by atoms with E-state index in [1.165, 1.54) is 0 Å². The lowest BCUT2D eigenvalue weighted by atomic mass is 10.0. The molecule has 6 nitrogen and oxygen atoms in total. The van der Waals surface area contributed by atoms with Crippen molar-refractivity contribution in [2.75, 3.05) is 27.3 Å². The summed E-state index contributed by atoms with van der Waals surface area (Å²) < 4.78 is 10.7. The van der Waals surface area contributed by atoms with E-state index in [9.17, 15) is 4.79 Å². The third kappa shape index (κ3) is 4.07. The van der Waals surface area contributed by atoms with Gasteiger partial charge in [0.2, 0.25) is 0 Å². The number of hydrogen-bond acceptors (Lipinski definition) is 5. The van der Waals surface area contributed by atoms with E-state index < -0.39 is 0 Å². The maximum atomic E-state index is 12.9. The summed E-state index contributed by atoms with van der Waals surface area (Å²) in [5.41, 5.74) is 8.53. The summed E-state index contributed by atoms with van der Waals surface area (Å²) in [6.45, 7) is 3.05. The zero-order valence-corrected chi connectivity index (χ0v) is 16.4. The summed E-state index contributed by atoms with van der Waals surface area (Å²) >= 11 is 0. The number of fused-ring (bicyclic) bond motifs is 1. The molecule has 0 radical (unpaired) electrons. The lowest BCUT2D eigenvalue weighted by Gasteiger charge is -2.14. The largest absolute Gasteiger partial charge is 0.493 e. The van der Waals surface area contributed by atoms with Crippen LogP contribution < -0.4 is 20.5 Å². The van der Waals surface area contributed by atoms with Gasteiger partial charge in [0.05, 0.1) is 31.0 Å². The molecule has 0 saturated carbocycles. The fraction of sp³-hybridized carbons (Fsp3) is 0.273. The van der Waals surface area contributed by atoms with Crippen LogP contribution in [0.1, 0.15) is 17.3 Å². The van der Waals surface area contributed by atoms with Crippen LogP contribution in [0.2, 0.25) is 0 Å². The monoisotopic (exact) mass is 379 g/mol. The van der Waals surface area contributed by atoms with Crippen LogP contribution in [0.4, 0.5) is 0 Å². The first-order valence-electron chi connectivity index (χ1n) is 9.17. The number of para-hydroxylation sites is 1. The lowest BCUT2D eigenvalue weighted by molar-refractivity contribution is 0.0950. The first-order valence-corrected chi connectivity index (χ1v) is 9.17. The van der Waals surface area contributed by atoms with Gasteiger partial charge in [-0.05, 0) is 42.8 Å². The van der Waals surface area contributed by atoms with Crippen LogP contribution in [0.15, 0.2) is 48.5 Å². The van der Waals surface area contributed by atoms with Gasteiger partial charge in [0.25, 0.3) is 5.91 Å². The second-order valence-corrected chi connectivity index (χ2v) is 6.69. The number of carbonyl (C=O) groups is 1. The van der Waals surface area contributed by atoms with Gasteiger partial charge in [0.15, 0.2) is 11.5 Å². The number of rotatable bonds is 7. The number of amides is 1. The van der Waals surface area contributed by atoms with E-state index in [2.05, 4.69) is 5.32 Å². The van der Waals surface area contributed by atoms with Crippen molar-refractivity contribution in [1.29, 1.82) is 0 Å². The van der Waals surface area contributed by atoms with Crippen molar-refractivity contribution < 1.29 is 14.3 Å². The molecule has 0 bridgehead atoms. The lowest BCUT2D eigenvalue weighted by Crippen LogP contribution is -2.31. The van der Waals surface area contributed by atoms with Crippen LogP contribution >= 0.6 is 0 Å². The summed E-state index contributed by atoms with van der Waals surface area (Å²) in [5, 5.41) is 3.78. The average Bonchev–Trinajstić information content (AvgIpc) is 2.75. The van der Waals surface area contributed by atoms with Gasteiger partial charge in [-0.1, -0.05) is 25.1 Å². The second kappa shape index (κ2) is 8.71. The molecule has 0 fully saturated rings. The average molecular weight is 379 g/mol. The molecule has 0 aliphatic heterocycles. The van der Waals surface area contributed by atoms with Crippen LogP contribution in [0.3, 0.4) is 0 Å². The Balaban J connectivity index is 2.06. The van der Waals surface area contributed by atoms with Gasteiger partial charge in [-0.15, -0.1) is 0 Å². The molecule has 6 heteroatoms. The van der Waals surface area contributed by atoms with Gasteiger partial charge in [0, 0.05) is 17.5 Å². The van der Waals surface area contributed by atoms with Crippen molar-refractivity contribution in [3.05, 3.63) is 54.1 Å². The highest BCUT2D eigenvalue weighted by molar-refractivity contribution is 6.07. The Morgan fingerprint density at radius 2 is 1.86 bits per heavy atom. The van der Waals surface area contributed by atoms with E-state index >= 15 is 0 Å². The normalized spacial score (nSPS) is 11.9. The number of carbonyl (C=O) groups excluding carboxylic acids is 1. The minimum atomic E-state index is -0.138. The van der Waals surface area contributed by atoms with Gasteiger partial charge in [-0.25, -0.2) is 4.98 Å². The first kappa shape index (κ1) is 19.6. The van der Waals surface area contributed by atoms with E-state index in [4.69, 9.17) is 20.2 Å². The molecule has 1 heterocycles. The van der Waals surface area contributed by atoms with Crippen molar-refractivity contribution in [3.8, 4) is 22.8 Å². The van der Waals surface area contributed by atoms with Crippen molar-refractivity contribution in [2.24, 2.45) is 11.7 Å². The maximum absolute atomic E-state index is 12.9. The summed E-state index contributed by atoms with van der Waals surface area (Å²) in [6.07, 6.45) is 0. The van der Waals surface area contributed by atoms with E-state index in [0.29, 0.717) is 35.8 Å². The third-order valence-electron chi connectivity index (χ3n) is 4.65. The number of benzene rings is 2. The molecule has 3 aromatic rings. The summed E-state index contributed by atoms with van der Waals surface area (Å²) in [6, 6.07) is 15.0. The predicted octanol–water partition coefficient (Wildman–Crippen LogP) is 3.24. The highest BCUT2D eigenvalue weighted by Crippen LogP contribution is 2.33. The second-order valence-electron chi connectivity index (χ2n) is 6.69. The van der Waals surface area contributed by atoms with Crippen molar-refractivity contribution in [3.63, 3.8) is 0 Å². The quantitative estimate of drug-likeness (QED) is 0.658. The molecule has 0 aliphatic rings. The van der Waals surface area contributed by atoms with E-state index in [-0.39, 0.29) is 11.8 Å². The highest BCUT2D eigenvalue weighted by Gasteiger charge is 2.15. The van der Waals surface area contributed by atoms with Gasteiger partial charge in [-0.3, -0.25) is 4.79 Å². The zero-order chi connectivity index (χ0) is 20.1. The molecule has 1 atom stereocenters. The topological polar surface area (TPSA) is 86.5 Å². The molecule has 2 aromatic carbocycles. The van der Waals surface area contributed by atoms with Crippen LogP contribution in [-0.4, -0.2) is 38.2 Å². The smallest absolute Gasteiger partial charge is 0.252 e. The molecule has 1 aromatic heterocycles. The van der Waals surface area contributed by atoms with Gasteiger partial charge < -0.3 is 20.5 Å². The minimum Gasteiger partial charge on any atom is -0.493 e. The Kier molecular flexibility index (Phi) is 6.11. The molecule has 1 amide bonds. The summed E-state index contributed by atoms with van der Waals surface area (Å²) in [5.74, 6) is 1.32. The zero-order valence-electron chi connectivity index (χ0n) is 16.4. The van der Waals surface area contributed by atoms with Gasteiger partial charge >= 0.3 is 0 Å². The molecule has 146 valence electrons. The predicted molar refractivity (Wildman–Crippen MR) is 111 cm³/mol. The molecule has 3 rings (SSSR count). The maximum Gasteiger partial charge on any atom is 0.252 e. The number of nitrogens with zero attached hydrogens (tertiary/aromatic N) is 1. The number of nitrogens with two attached hydrogens (primary N) is 1. The number of aromatic nitrogens is 1. The van der Waals surface area contributed by atoms with Crippen LogP contribution in [0.25, 0.3) is 22.2 Å². The first-order chi connectivity index (χ1) is 13.6. The molecular weight excluding hydrogens is 354 g/mol. The summed E-state index contributed by atoms with van der Waals surface area (Å²) in [4.78, 5) is 17.6. The van der Waals surface area contributed by atoms with E-state index in [1.807, 2.05) is 55.5 Å². The van der Waals surface area contributed by atoms with E-state index in [0.717, 1.165) is 16.5 Å². The Labute approximate surface area is 164 Å². The Morgan fingerprint density at radius 1 is 1.11 bits per heavy atom. The van der Waals surface area contributed by atoms with Crippen molar-refractivity contribution >= 4 is 16.8 Å². The molecule has 3 N–H and O–H groups in total. The number of nitrogens with one attached hydrogen (secondary N) is 1. The number of hydrogen-bond donors (Lipinski definition) is 2. The fourth-order valence-corrected chi connectivity index (χ4v) is 2.95. The molecule has 0 spiro atoms. The highest BCUT2D eigenvalue weighted by atomic mass is 16.5. The Bertz CT molecular complexity index is 988. The number of ether oxygens (including phenoxy) is 2. The third-order valence-corrected chi connectivity index (χ3v) is 4.65. The summed E-state index contributed by atoms with van der Waals surface area (Å²) in [7, 11) is 3.18. The number of methoxy groups -OCH3 is 2. The Hall–Kier alpha value is -3.12. The van der Waals surface area contributed by atoms with Crippen LogP contribution in [0.5, 0.6) is 11.5 Å². The minimum absolute atomic E-state index is 0.138. The SMILES string of the molecule is COc1ccc(-c2cc(C(=O)NCC(C)CN)c3ccccc3n2)cc1OC. The standard InChI is InChI=1S/C22H25N3O3/c1-14(12-23)13-24-22(26)17-11-19(25-18-7-5-4-6-16(17)18)15-8-9-20(27-2)21(10-15)28-3/h4-11,14H,12-13,23H2,1-3H3,(H,24,26).